The van der Waals surface area contributed by atoms with Gasteiger partial charge in [-0.1, -0.05) is 11.6 Å². The fraction of sp³-hybridized carbons (Fsp3) is 0.0588. The SMILES string of the molecule is COc1cc(-n2cccc2)c(Cl)cc1C(=O)NNC(=O)c1cc(Br)c[nH]1. The summed E-state index contributed by atoms with van der Waals surface area (Å²) in [5, 5.41) is 0.367. The molecule has 0 aliphatic heterocycles. The second-order valence-electron chi connectivity index (χ2n) is 5.23. The minimum absolute atomic E-state index is 0.196. The van der Waals surface area contributed by atoms with Crippen LogP contribution in [-0.4, -0.2) is 28.5 Å². The van der Waals surface area contributed by atoms with E-state index in [1.807, 2.05) is 24.5 Å². The number of benzene rings is 1. The number of hydrazine groups is 1. The lowest BCUT2D eigenvalue weighted by Gasteiger charge is -2.14. The molecule has 134 valence electrons. The number of hydrogen-bond acceptors (Lipinski definition) is 3. The second kappa shape index (κ2) is 7.67. The summed E-state index contributed by atoms with van der Waals surface area (Å²) in [6.45, 7) is 0. The first-order valence-corrected chi connectivity index (χ1v) is 8.62. The highest BCUT2D eigenvalue weighted by Crippen LogP contribution is 2.29. The van der Waals surface area contributed by atoms with E-state index < -0.39 is 11.8 Å². The zero-order valence-corrected chi connectivity index (χ0v) is 15.9. The van der Waals surface area contributed by atoms with Crippen molar-refractivity contribution in [2.75, 3.05) is 7.11 Å². The molecular formula is C17H14BrClN4O3. The predicted molar refractivity (Wildman–Crippen MR) is 101 cm³/mol. The molecule has 3 aromatic rings. The van der Waals surface area contributed by atoms with Crippen LogP contribution >= 0.6 is 27.5 Å². The molecule has 0 unspecified atom stereocenters. The number of nitrogens with zero attached hydrogens (tertiary/aromatic N) is 1. The van der Waals surface area contributed by atoms with Crippen molar-refractivity contribution in [3.05, 3.63) is 69.7 Å². The molecule has 0 spiro atoms. The second-order valence-corrected chi connectivity index (χ2v) is 6.56. The van der Waals surface area contributed by atoms with Crippen molar-refractivity contribution in [1.82, 2.24) is 20.4 Å². The maximum Gasteiger partial charge on any atom is 0.286 e. The van der Waals surface area contributed by atoms with Gasteiger partial charge >= 0.3 is 0 Å². The number of methoxy groups -OCH3 is 1. The van der Waals surface area contributed by atoms with E-state index in [-0.39, 0.29) is 5.56 Å². The molecule has 2 amide bonds. The molecule has 0 radical (unpaired) electrons. The lowest BCUT2D eigenvalue weighted by Crippen LogP contribution is -2.41. The number of carbonyl (C=O) groups is 2. The molecule has 3 rings (SSSR count). The first kappa shape index (κ1) is 18.1. The minimum Gasteiger partial charge on any atom is -0.496 e. The lowest BCUT2D eigenvalue weighted by atomic mass is 10.1. The van der Waals surface area contributed by atoms with E-state index in [0.29, 0.717) is 22.2 Å². The fourth-order valence-electron chi connectivity index (χ4n) is 2.33. The average Bonchev–Trinajstić information content (AvgIpc) is 3.31. The Kier molecular flexibility index (Phi) is 5.34. The third-order valence-corrected chi connectivity index (χ3v) is 4.34. The van der Waals surface area contributed by atoms with Crippen LogP contribution < -0.4 is 15.6 Å². The molecule has 9 heteroatoms. The van der Waals surface area contributed by atoms with E-state index in [0.717, 1.165) is 4.47 Å². The zero-order valence-electron chi connectivity index (χ0n) is 13.5. The first-order valence-electron chi connectivity index (χ1n) is 7.45. The third-order valence-electron chi connectivity index (χ3n) is 3.58. The standard InChI is InChI=1S/C17H14BrClN4O3/c1-26-15-8-14(23-4-2-3-5-23)12(19)7-11(15)16(24)21-22-17(25)13-6-10(18)9-20-13/h2-9,20H,1H3,(H,21,24)(H,22,25). The number of carbonyl (C=O) groups excluding carboxylic acids is 2. The summed E-state index contributed by atoms with van der Waals surface area (Å²) in [6, 6.07) is 8.45. The number of nitrogens with one attached hydrogen (secondary N) is 3. The Balaban J connectivity index is 1.78. The monoisotopic (exact) mass is 436 g/mol. The molecule has 2 aromatic heterocycles. The number of aromatic amines is 1. The van der Waals surface area contributed by atoms with Gasteiger partial charge in [0.25, 0.3) is 11.8 Å². The summed E-state index contributed by atoms with van der Waals surface area (Å²) < 4.78 is 7.83. The van der Waals surface area contributed by atoms with Gasteiger partial charge in [-0.15, -0.1) is 0 Å². The van der Waals surface area contributed by atoms with Crippen LogP contribution in [0.1, 0.15) is 20.8 Å². The van der Waals surface area contributed by atoms with Crippen molar-refractivity contribution in [1.29, 1.82) is 0 Å². The molecule has 0 saturated carbocycles. The van der Waals surface area contributed by atoms with Crippen LogP contribution in [0.4, 0.5) is 0 Å². The molecular weight excluding hydrogens is 424 g/mol. The number of aromatic nitrogens is 2. The number of amides is 2. The minimum atomic E-state index is -0.554. The number of ether oxygens (including phenoxy) is 1. The first-order chi connectivity index (χ1) is 12.5. The van der Waals surface area contributed by atoms with Crippen molar-refractivity contribution >= 4 is 39.3 Å². The van der Waals surface area contributed by atoms with E-state index in [9.17, 15) is 9.59 Å². The highest BCUT2D eigenvalue weighted by Gasteiger charge is 2.18. The largest absolute Gasteiger partial charge is 0.496 e. The molecule has 26 heavy (non-hydrogen) atoms. The fourth-order valence-corrected chi connectivity index (χ4v) is 2.93. The Bertz CT molecular complexity index is 953. The molecule has 2 heterocycles. The van der Waals surface area contributed by atoms with E-state index in [1.54, 1.807) is 22.9 Å². The summed E-state index contributed by atoms with van der Waals surface area (Å²) in [5.41, 5.74) is 5.84. The predicted octanol–water partition coefficient (Wildman–Crippen LogP) is 3.30. The van der Waals surface area contributed by atoms with Crippen LogP contribution in [0.25, 0.3) is 5.69 Å². The zero-order chi connectivity index (χ0) is 18.7. The Labute approximate surface area is 162 Å². The third kappa shape index (κ3) is 3.76. The van der Waals surface area contributed by atoms with Crippen LogP contribution in [0.5, 0.6) is 5.75 Å². The van der Waals surface area contributed by atoms with E-state index >= 15 is 0 Å². The Hall–Kier alpha value is -2.71. The topological polar surface area (TPSA) is 88.2 Å². The average molecular weight is 438 g/mol. The lowest BCUT2D eigenvalue weighted by molar-refractivity contribution is 0.0842. The molecule has 0 bridgehead atoms. The highest BCUT2D eigenvalue weighted by atomic mass is 79.9. The van der Waals surface area contributed by atoms with Gasteiger partial charge in [-0.3, -0.25) is 20.4 Å². The van der Waals surface area contributed by atoms with Crippen molar-refractivity contribution in [3.63, 3.8) is 0 Å². The molecule has 3 N–H and O–H groups in total. The maximum absolute atomic E-state index is 12.4. The van der Waals surface area contributed by atoms with Crippen LogP contribution in [0, 0.1) is 0 Å². The van der Waals surface area contributed by atoms with Gasteiger partial charge in [0.05, 0.1) is 23.4 Å². The summed E-state index contributed by atoms with van der Waals surface area (Å²) in [5.74, 6) is -0.715. The van der Waals surface area contributed by atoms with Crippen LogP contribution in [-0.2, 0) is 0 Å². The van der Waals surface area contributed by atoms with E-state index in [2.05, 4.69) is 31.8 Å². The summed E-state index contributed by atoms with van der Waals surface area (Å²) in [7, 11) is 1.45. The van der Waals surface area contributed by atoms with Gasteiger partial charge in [0.15, 0.2) is 0 Å². The van der Waals surface area contributed by atoms with Crippen molar-refractivity contribution < 1.29 is 14.3 Å². The van der Waals surface area contributed by atoms with Crippen LogP contribution in [0.2, 0.25) is 5.02 Å². The smallest absolute Gasteiger partial charge is 0.286 e. The van der Waals surface area contributed by atoms with Gasteiger partial charge in [0.2, 0.25) is 0 Å². The summed E-state index contributed by atoms with van der Waals surface area (Å²) >= 11 is 9.54. The molecule has 1 aromatic carbocycles. The van der Waals surface area contributed by atoms with Crippen molar-refractivity contribution in [3.8, 4) is 11.4 Å². The van der Waals surface area contributed by atoms with Gasteiger partial charge in [0.1, 0.15) is 11.4 Å². The van der Waals surface area contributed by atoms with E-state index in [1.165, 1.54) is 13.2 Å². The maximum atomic E-state index is 12.4. The van der Waals surface area contributed by atoms with Crippen LogP contribution in [0.15, 0.2) is 53.4 Å². The van der Waals surface area contributed by atoms with Crippen LogP contribution in [0.3, 0.4) is 0 Å². The number of H-pyrrole nitrogens is 1. The van der Waals surface area contributed by atoms with E-state index in [4.69, 9.17) is 16.3 Å². The number of rotatable bonds is 4. The molecule has 0 aliphatic carbocycles. The Morgan fingerprint density at radius 1 is 1.15 bits per heavy atom. The molecule has 7 nitrogen and oxygen atoms in total. The number of halogens is 2. The normalized spacial score (nSPS) is 10.4. The molecule has 0 saturated heterocycles. The molecule has 0 fully saturated rings. The van der Waals surface area contributed by atoms with Gasteiger partial charge < -0.3 is 14.3 Å². The summed E-state index contributed by atoms with van der Waals surface area (Å²) in [6.07, 6.45) is 5.27. The highest BCUT2D eigenvalue weighted by molar-refractivity contribution is 9.10. The van der Waals surface area contributed by atoms with Crippen molar-refractivity contribution in [2.45, 2.75) is 0 Å². The Morgan fingerprint density at radius 3 is 2.46 bits per heavy atom. The Morgan fingerprint density at radius 2 is 1.85 bits per heavy atom. The summed E-state index contributed by atoms with van der Waals surface area (Å²) in [4.78, 5) is 27.2. The van der Waals surface area contributed by atoms with Gasteiger partial charge in [-0.05, 0) is 40.2 Å². The number of hydrogen-bond donors (Lipinski definition) is 3. The van der Waals surface area contributed by atoms with Gasteiger partial charge in [0, 0.05) is 29.1 Å². The molecule has 0 atom stereocenters. The van der Waals surface area contributed by atoms with Gasteiger partial charge in [-0.25, -0.2) is 0 Å². The quantitative estimate of drug-likeness (QED) is 0.547. The van der Waals surface area contributed by atoms with Crippen molar-refractivity contribution in [2.24, 2.45) is 0 Å². The van der Waals surface area contributed by atoms with Gasteiger partial charge in [-0.2, -0.15) is 0 Å². The molecule has 0 aliphatic rings.